The molecule has 3 heterocycles. The van der Waals surface area contributed by atoms with Gasteiger partial charge in [0.1, 0.15) is 12.4 Å². The number of rotatable bonds is 8. The van der Waals surface area contributed by atoms with E-state index < -0.39 is 0 Å². The number of aromatic nitrogens is 4. The van der Waals surface area contributed by atoms with Crippen molar-refractivity contribution >= 4 is 40.2 Å². The highest BCUT2D eigenvalue weighted by molar-refractivity contribution is 7.17. The van der Waals surface area contributed by atoms with Gasteiger partial charge in [0.2, 0.25) is 5.13 Å². The average Bonchev–Trinajstić information content (AvgIpc) is 3.30. The van der Waals surface area contributed by atoms with Gasteiger partial charge in [0.25, 0.3) is 11.1 Å². The van der Waals surface area contributed by atoms with Gasteiger partial charge in [-0.15, -0.1) is 5.10 Å². The molecule has 4 aromatic rings. The third kappa shape index (κ3) is 5.79. The van der Waals surface area contributed by atoms with E-state index in [0.717, 1.165) is 28.2 Å². The van der Waals surface area contributed by atoms with Gasteiger partial charge in [-0.05, 0) is 42.5 Å². The Kier molecular flexibility index (Phi) is 7.64. The molecule has 0 aliphatic carbocycles. The largest absolute Gasteiger partial charge is 0.495 e. The molecule has 0 aliphatic heterocycles. The van der Waals surface area contributed by atoms with Crippen LogP contribution in [0.3, 0.4) is 0 Å². The smallest absolute Gasteiger partial charge is 0.296 e. The molecule has 0 unspecified atom stereocenters. The van der Waals surface area contributed by atoms with Crippen molar-refractivity contribution in [1.29, 1.82) is 0 Å². The van der Waals surface area contributed by atoms with Gasteiger partial charge in [-0.3, -0.25) is 25.1 Å². The number of carbonyl (C=O) groups excluding carboxylic acids is 1. The summed E-state index contributed by atoms with van der Waals surface area (Å²) in [7, 11) is 3.27. The van der Waals surface area contributed by atoms with Gasteiger partial charge in [0.15, 0.2) is 0 Å². The molecule has 0 radical (unpaired) electrons. The molecule has 0 spiro atoms. The van der Waals surface area contributed by atoms with Crippen LogP contribution in [0.25, 0.3) is 11.1 Å². The third-order valence-corrected chi connectivity index (χ3v) is 5.83. The van der Waals surface area contributed by atoms with E-state index in [9.17, 15) is 4.79 Å². The minimum absolute atomic E-state index is 0.197. The first kappa shape index (κ1) is 24.2. The molecule has 4 rings (SSSR count). The Bertz CT molecular complexity index is 1370. The maximum absolute atomic E-state index is 13.2. The SMILES string of the molecule is CN=Cc1cccc(-c2cc(C)ncc2C(=O)Nc2nnc(OCc3ccc(Cl)cn3)s2)c1OC. The summed E-state index contributed by atoms with van der Waals surface area (Å²) in [4.78, 5) is 25.8. The lowest BCUT2D eigenvalue weighted by Gasteiger charge is -2.15. The highest BCUT2D eigenvalue weighted by atomic mass is 35.5. The summed E-state index contributed by atoms with van der Waals surface area (Å²) in [6, 6.07) is 11.0. The Morgan fingerprint density at radius 3 is 2.77 bits per heavy atom. The van der Waals surface area contributed by atoms with E-state index in [1.807, 2.05) is 31.2 Å². The summed E-state index contributed by atoms with van der Waals surface area (Å²) in [5.74, 6) is 0.228. The summed E-state index contributed by atoms with van der Waals surface area (Å²) in [5.41, 5.74) is 4.03. The van der Waals surface area contributed by atoms with E-state index in [1.165, 1.54) is 6.20 Å². The molecular weight excluding hydrogens is 488 g/mol. The number of anilines is 1. The number of carbonyl (C=O) groups is 1. The molecule has 35 heavy (non-hydrogen) atoms. The van der Waals surface area contributed by atoms with Gasteiger partial charge in [0, 0.05) is 48.0 Å². The second kappa shape index (κ2) is 11.0. The first-order chi connectivity index (χ1) is 17.0. The van der Waals surface area contributed by atoms with E-state index in [4.69, 9.17) is 21.1 Å². The van der Waals surface area contributed by atoms with Crippen molar-refractivity contribution in [3.63, 3.8) is 0 Å². The van der Waals surface area contributed by atoms with Crippen molar-refractivity contribution in [2.75, 3.05) is 19.5 Å². The maximum atomic E-state index is 13.2. The Hall–Kier alpha value is -3.89. The van der Waals surface area contributed by atoms with Gasteiger partial charge in [-0.1, -0.05) is 28.8 Å². The molecule has 1 N–H and O–H groups in total. The highest BCUT2D eigenvalue weighted by Gasteiger charge is 2.20. The normalized spacial score (nSPS) is 11.0. The van der Waals surface area contributed by atoms with E-state index in [1.54, 1.807) is 38.7 Å². The lowest BCUT2D eigenvalue weighted by Crippen LogP contribution is -2.14. The van der Waals surface area contributed by atoms with Crippen LogP contribution in [-0.4, -0.2) is 46.4 Å². The van der Waals surface area contributed by atoms with E-state index >= 15 is 0 Å². The molecular formula is C24H21ClN6O3S. The van der Waals surface area contributed by atoms with Crippen molar-refractivity contribution in [3.8, 4) is 22.1 Å². The predicted octanol–water partition coefficient (Wildman–Crippen LogP) is 4.85. The molecule has 9 nitrogen and oxygen atoms in total. The van der Waals surface area contributed by atoms with Crippen molar-refractivity contribution in [3.05, 3.63) is 76.3 Å². The Morgan fingerprint density at radius 2 is 2.03 bits per heavy atom. The number of aliphatic imine (C=N–C) groups is 1. The number of halogens is 1. The molecule has 0 bridgehead atoms. The second-order valence-electron chi connectivity index (χ2n) is 7.27. The number of ether oxygens (including phenoxy) is 2. The van der Waals surface area contributed by atoms with Crippen molar-refractivity contribution in [2.24, 2.45) is 4.99 Å². The topological polar surface area (TPSA) is 111 Å². The third-order valence-electron chi connectivity index (χ3n) is 4.85. The molecule has 0 saturated carbocycles. The monoisotopic (exact) mass is 508 g/mol. The number of methoxy groups -OCH3 is 1. The fourth-order valence-electron chi connectivity index (χ4n) is 3.31. The predicted molar refractivity (Wildman–Crippen MR) is 136 cm³/mol. The minimum atomic E-state index is -0.383. The Morgan fingerprint density at radius 1 is 1.17 bits per heavy atom. The number of hydrogen-bond acceptors (Lipinski definition) is 9. The first-order valence-electron chi connectivity index (χ1n) is 10.4. The number of nitrogens with one attached hydrogen (secondary N) is 1. The number of pyridine rings is 2. The van der Waals surface area contributed by atoms with Crippen LogP contribution in [0.2, 0.25) is 5.02 Å². The standard InChI is InChI=1S/C24H21ClN6O3S/c1-14-9-19(18-6-4-5-15(10-26-2)21(18)33-3)20(12-27-14)22(32)29-23-30-31-24(35-23)34-13-17-8-7-16(25)11-28-17/h4-12H,13H2,1-3H3,(H,29,30,32). The summed E-state index contributed by atoms with van der Waals surface area (Å²) < 4.78 is 11.3. The zero-order valence-electron chi connectivity index (χ0n) is 19.2. The van der Waals surface area contributed by atoms with Crippen molar-refractivity contribution < 1.29 is 14.3 Å². The second-order valence-corrected chi connectivity index (χ2v) is 8.65. The van der Waals surface area contributed by atoms with Gasteiger partial charge < -0.3 is 9.47 Å². The van der Waals surface area contributed by atoms with Crippen LogP contribution >= 0.6 is 22.9 Å². The van der Waals surface area contributed by atoms with E-state index in [0.29, 0.717) is 37.9 Å². The average molecular weight is 509 g/mol. The molecule has 3 aromatic heterocycles. The van der Waals surface area contributed by atoms with Gasteiger partial charge in [0.05, 0.1) is 23.4 Å². The number of para-hydroxylation sites is 1. The fraction of sp³-hybridized carbons (Fsp3) is 0.167. The summed E-state index contributed by atoms with van der Waals surface area (Å²) in [5, 5.41) is 11.9. The molecule has 0 saturated heterocycles. The van der Waals surface area contributed by atoms with Crippen LogP contribution in [0.5, 0.6) is 10.9 Å². The van der Waals surface area contributed by atoms with Gasteiger partial charge in [-0.2, -0.15) is 0 Å². The number of amides is 1. The van der Waals surface area contributed by atoms with E-state index in [2.05, 4.69) is 30.5 Å². The molecule has 178 valence electrons. The van der Waals surface area contributed by atoms with Crippen LogP contribution in [0.4, 0.5) is 5.13 Å². The number of aryl methyl sites for hydroxylation is 1. The Balaban J connectivity index is 1.56. The summed E-state index contributed by atoms with van der Waals surface area (Å²) in [6.45, 7) is 2.06. The molecule has 0 atom stereocenters. The molecule has 1 amide bonds. The maximum Gasteiger partial charge on any atom is 0.296 e. The van der Waals surface area contributed by atoms with Gasteiger partial charge in [-0.25, -0.2) is 0 Å². The Labute approximate surface area is 210 Å². The molecule has 1 aromatic carbocycles. The van der Waals surface area contributed by atoms with Crippen LogP contribution in [0.1, 0.15) is 27.3 Å². The molecule has 0 aliphatic rings. The summed E-state index contributed by atoms with van der Waals surface area (Å²) >= 11 is 6.95. The van der Waals surface area contributed by atoms with Crippen LogP contribution in [0.15, 0.2) is 53.8 Å². The zero-order chi connectivity index (χ0) is 24.8. The van der Waals surface area contributed by atoms with Crippen molar-refractivity contribution in [1.82, 2.24) is 20.2 Å². The fourth-order valence-corrected chi connectivity index (χ4v) is 4.01. The summed E-state index contributed by atoms with van der Waals surface area (Å²) in [6.07, 6.45) is 4.78. The lowest BCUT2D eigenvalue weighted by atomic mass is 9.97. The molecule has 0 fully saturated rings. The quantitative estimate of drug-likeness (QED) is 0.339. The van der Waals surface area contributed by atoms with Crippen LogP contribution in [-0.2, 0) is 6.61 Å². The first-order valence-corrected chi connectivity index (χ1v) is 11.6. The number of benzene rings is 1. The number of nitrogens with zero attached hydrogens (tertiary/aromatic N) is 5. The lowest BCUT2D eigenvalue weighted by molar-refractivity contribution is 0.102. The molecule has 11 heteroatoms. The van der Waals surface area contributed by atoms with Crippen LogP contribution < -0.4 is 14.8 Å². The zero-order valence-corrected chi connectivity index (χ0v) is 20.7. The minimum Gasteiger partial charge on any atom is -0.495 e. The van der Waals surface area contributed by atoms with E-state index in [-0.39, 0.29) is 12.5 Å². The highest BCUT2D eigenvalue weighted by Crippen LogP contribution is 2.35. The van der Waals surface area contributed by atoms with Crippen molar-refractivity contribution in [2.45, 2.75) is 13.5 Å². The van der Waals surface area contributed by atoms with Gasteiger partial charge >= 0.3 is 0 Å². The number of hydrogen-bond donors (Lipinski definition) is 1. The van der Waals surface area contributed by atoms with Crippen LogP contribution in [0, 0.1) is 6.92 Å².